The summed E-state index contributed by atoms with van der Waals surface area (Å²) in [4.78, 5) is 12.5. The van der Waals surface area contributed by atoms with Gasteiger partial charge < -0.3 is 9.88 Å². The number of hydrogen-bond donors (Lipinski definition) is 1. The molecule has 1 amide bonds. The minimum absolute atomic E-state index is 0.127. The number of carbonyl (C=O) groups is 1. The molecule has 0 radical (unpaired) electrons. The molecule has 1 atom stereocenters. The van der Waals surface area contributed by atoms with E-state index in [-0.39, 0.29) is 11.9 Å². The average Bonchev–Trinajstić information content (AvgIpc) is 3.21. The van der Waals surface area contributed by atoms with Crippen LogP contribution in [0.2, 0.25) is 0 Å². The molecule has 5 nitrogen and oxygen atoms in total. The normalized spacial score (nSPS) is 12.2. The maximum atomic E-state index is 12.5. The molecule has 0 saturated carbocycles. The van der Waals surface area contributed by atoms with E-state index >= 15 is 0 Å². The molecular formula is C20H24N4O. The van der Waals surface area contributed by atoms with E-state index in [1.165, 1.54) is 11.4 Å². The van der Waals surface area contributed by atoms with Crippen molar-refractivity contribution in [1.29, 1.82) is 0 Å². The number of hydrogen-bond acceptors (Lipinski definition) is 2. The van der Waals surface area contributed by atoms with Crippen molar-refractivity contribution >= 4 is 11.7 Å². The molecule has 0 fully saturated rings. The highest BCUT2D eigenvalue weighted by atomic mass is 16.1. The van der Waals surface area contributed by atoms with Crippen LogP contribution in [0.5, 0.6) is 0 Å². The molecule has 0 aliphatic carbocycles. The van der Waals surface area contributed by atoms with Gasteiger partial charge in [-0.2, -0.15) is 5.10 Å². The molecule has 2 heterocycles. The van der Waals surface area contributed by atoms with Gasteiger partial charge in [0.05, 0.1) is 12.2 Å². The summed E-state index contributed by atoms with van der Waals surface area (Å²) in [6, 6.07) is 13.9. The Balaban J connectivity index is 1.79. The lowest BCUT2D eigenvalue weighted by Gasteiger charge is -2.14. The van der Waals surface area contributed by atoms with Crippen LogP contribution in [0.4, 0.5) is 5.82 Å². The van der Waals surface area contributed by atoms with Gasteiger partial charge in [0.2, 0.25) is 0 Å². The quantitative estimate of drug-likeness (QED) is 0.745. The number of nitrogens with zero attached hydrogens (tertiary/aromatic N) is 3. The second kappa shape index (κ2) is 6.97. The lowest BCUT2D eigenvalue weighted by atomic mass is 10.2. The van der Waals surface area contributed by atoms with Crippen molar-refractivity contribution in [2.24, 2.45) is 0 Å². The third kappa shape index (κ3) is 3.36. The maximum absolute atomic E-state index is 12.5. The van der Waals surface area contributed by atoms with E-state index in [0.717, 1.165) is 17.9 Å². The van der Waals surface area contributed by atoms with Gasteiger partial charge in [0.1, 0.15) is 5.82 Å². The second-order valence-corrected chi connectivity index (χ2v) is 6.37. The van der Waals surface area contributed by atoms with Gasteiger partial charge in [-0.15, -0.1) is 0 Å². The summed E-state index contributed by atoms with van der Waals surface area (Å²) in [7, 11) is 0. The molecule has 0 aliphatic heterocycles. The van der Waals surface area contributed by atoms with E-state index in [1.54, 1.807) is 6.20 Å². The van der Waals surface area contributed by atoms with Crippen LogP contribution in [0.15, 0.2) is 48.7 Å². The number of carbonyl (C=O) groups excluding carboxylic acids is 1. The highest BCUT2D eigenvalue weighted by Crippen LogP contribution is 2.19. The molecule has 0 bridgehead atoms. The van der Waals surface area contributed by atoms with E-state index in [1.807, 2.05) is 35.0 Å². The van der Waals surface area contributed by atoms with E-state index in [0.29, 0.717) is 5.56 Å². The fraction of sp³-hybridized carbons (Fsp3) is 0.300. The van der Waals surface area contributed by atoms with E-state index in [9.17, 15) is 4.79 Å². The first-order chi connectivity index (χ1) is 12.0. The third-order valence-electron chi connectivity index (χ3n) is 4.58. The minimum atomic E-state index is -0.127. The molecule has 25 heavy (non-hydrogen) atoms. The van der Waals surface area contributed by atoms with Crippen LogP contribution in [0.1, 0.15) is 48.1 Å². The van der Waals surface area contributed by atoms with Crippen molar-refractivity contribution < 1.29 is 4.79 Å². The number of aryl methyl sites for hydroxylation is 2. The Kier molecular flexibility index (Phi) is 4.74. The van der Waals surface area contributed by atoms with Crippen LogP contribution in [0.3, 0.4) is 0 Å². The number of benzene rings is 1. The Hall–Kier alpha value is -2.82. The first-order valence-corrected chi connectivity index (χ1v) is 8.61. The smallest absolute Gasteiger partial charge is 0.256 e. The maximum Gasteiger partial charge on any atom is 0.256 e. The molecular weight excluding hydrogens is 312 g/mol. The first kappa shape index (κ1) is 17.0. The number of rotatable bonds is 5. The molecule has 0 spiro atoms. The van der Waals surface area contributed by atoms with Crippen molar-refractivity contribution in [1.82, 2.24) is 14.3 Å². The Morgan fingerprint density at radius 2 is 1.72 bits per heavy atom. The predicted molar refractivity (Wildman–Crippen MR) is 100 cm³/mol. The SMILES string of the molecule is CCC(C)n1nccc1NC(=O)c1ccc(-n2c(C)ccc2C)cc1. The molecule has 1 unspecified atom stereocenters. The predicted octanol–water partition coefficient (Wildman–Crippen LogP) is 4.51. The van der Waals surface area contributed by atoms with Gasteiger partial charge in [0, 0.05) is 28.7 Å². The van der Waals surface area contributed by atoms with Gasteiger partial charge >= 0.3 is 0 Å². The number of nitrogens with one attached hydrogen (secondary N) is 1. The van der Waals surface area contributed by atoms with Crippen molar-refractivity contribution in [3.8, 4) is 5.69 Å². The van der Waals surface area contributed by atoms with Gasteiger partial charge in [-0.3, -0.25) is 4.79 Å². The van der Waals surface area contributed by atoms with Crippen LogP contribution in [0, 0.1) is 13.8 Å². The summed E-state index contributed by atoms with van der Waals surface area (Å²) in [5.41, 5.74) is 4.03. The number of aromatic nitrogens is 3. The summed E-state index contributed by atoms with van der Waals surface area (Å²) in [6.07, 6.45) is 2.66. The molecule has 3 aromatic rings. The molecule has 2 aromatic heterocycles. The molecule has 3 rings (SSSR count). The average molecular weight is 336 g/mol. The van der Waals surface area contributed by atoms with E-state index < -0.39 is 0 Å². The van der Waals surface area contributed by atoms with Crippen LogP contribution >= 0.6 is 0 Å². The first-order valence-electron chi connectivity index (χ1n) is 8.61. The summed E-state index contributed by atoms with van der Waals surface area (Å²) < 4.78 is 4.01. The lowest BCUT2D eigenvalue weighted by Crippen LogP contribution is -2.17. The summed E-state index contributed by atoms with van der Waals surface area (Å²) >= 11 is 0. The van der Waals surface area contributed by atoms with Crippen LogP contribution in [-0.4, -0.2) is 20.3 Å². The molecule has 0 saturated heterocycles. The fourth-order valence-corrected chi connectivity index (χ4v) is 2.96. The van der Waals surface area contributed by atoms with Gasteiger partial charge in [0.15, 0.2) is 0 Å². The largest absolute Gasteiger partial charge is 0.319 e. The Morgan fingerprint density at radius 3 is 2.32 bits per heavy atom. The zero-order valence-electron chi connectivity index (χ0n) is 15.2. The topological polar surface area (TPSA) is 51.9 Å². The van der Waals surface area contributed by atoms with Crippen molar-refractivity contribution in [3.63, 3.8) is 0 Å². The highest BCUT2D eigenvalue weighted by Gasteiger charge is 2.13. The summed E-state index contributed by atoms with van der Waals surface area (Å²) in [5.74, 6) is 0.595. The third-order valence-corrected chi connectivity index (χ3v) is 4.58. The number of amides is 1. The van der Waals surface area contributed by atoms with Gasteiger partial charge in [-0.1, -0.05) is 6.92 Å². The van der Waals surface area contributed by atoms with Crippen LogP contribution in [-0.2, 0) is 0 Å². The van der Waals surface area contributed by atoms with Gasteiger partial charge in [0.25, 0.3) is 5.91 Å². The molecule has 1 N–H and O–H groups in total. The number of anilines is 1. The summed E-state index contributed by atoms with van der Waals surface area (Å²) in [5, 5.41) is 7.25. The highest BCUT2D eigenvalue weighted by molar-refractivity contribution is 6.03. The fourth-order valence-electron chi connectivity index (χ4n) is 2.96. The second-order valence-electron chi connectivity index (χ2n) is 6.37. The zero-order chi connectivity index (χ0) is 18.0. The monoisotopic (exact) mass is 336 g/mol. The van der Waals surface area contributed by atoms with Crippen molar-refractivity contribution in [2.75, 3.05) is 5.32 Å². The Labute approximate surface area is 148 Å². The van der Waals surface area contributed by atoms with Crippen molar-refractivity contribution in [2.45, 2.75) is 40.2 Å². The van der Waals surface area contributed by atoms with Crippen LogP contribution in [0.25, 0.3) is 5.69 Å². The van der Waals surface area contributed by atoms with Gasteiger partial charge in [-0.25, -0.2) is 4.68 Å². The summed E-state index contributed by atoms with van der Waals surface area (Å²) in [6.45, 7) is 8.33. The van der Waals surface area contributed by atoms with Gasteiger partial charge in [-0.05, 0) is 63.6 Å². The van der Waals surface area contributed by atoms with Crippen molar-refractivity contribution in [3.05, 3.63) is 65.6 Å². The zero-order valence-corrected chi connectivity index (χ0v) is 15.2. The Morgan fingerprint density at radius 1 is 1.08 bits per heavy atom. The molecule has 130 valence electrons. The molecule has 5 heteroatoms. The van der Waals surface area contributed by atoms with Crippen LogP contribution < -0.4 is 5.32 Å². The lowest BCUT2D eigenvalue weighted by molar-refractivity contribution is 0.102. The van der Waals surface area contributed by atoms with E-state index in [2.05, 4.69) is 54.8 Å². The minimum Gasteiger partial charge on any atom is -0.319 e. The standard InChI is InChI=1S/C20H24N4O/c1-5-14(2)24-19(12-13-21-24)22-20(25)17-8-10-18(11-9-17)23-15(3)6-7-16(23)4/h6-14H,5H2,1-4H3,(H,22,25). The Bertz CT molecular complexity index is 854. The molecule has 0 aliphatic rings. The molecule has 1 aromatic carbocycles. The van der Waals surface area contributed by atoms with E-state index in [4.69, 9.17) is 0 Å².